The molecule has 1 N–H and O–H groups in total. The van der Waals surface area contributed by atoms with Crippen molar-refractivity contribution in [1.29, 1.82) is 0 Å². The summed E-state index contributed by atoms with van der Waals surface area (Å²) in [6, 6.07) is 7.38. The van der Waals surface area contributed by atoms with Gasteiger partial charge in [0.1, 0.15) is 6.04 Å². The number of amides is 1. The minimum Gasteiger partial charge on any atom is -0.349 e. The van der Waals surface area contributed by atoms with Gasteiger partial charge in [0, 0.05) is 28.2 Å². The van der Waals surface area contributed by atoms with E-state index >= 15 is 0 Å². The Hall–Kier alpha value is -3.03. The van der Waals surface area contributed by atoms with Crippen LogP contribution >= 0.6 is 0 Å². The molecule has 0 aliphatic heterocycles. The monoisotopic (exact) mass is 432 g/mol. The summed E-state index contributed by atoms with van der Waals surface area (Å²) < 4.78 is 1.94. The molecular formula is C24H28N6O2. The van der Waals surface area contributed by atoms with Crippen molar-refractivity contribution in [2.75, 3.05) is 0 Å². The highest BCUT2D eigenvalue weighted by atomic mass is 16.2. The Morgan fingerprint density at radius 1 is 1.16 bits per heavy atom. The van der Waals surface area contributed by atoms with Gasteiger partial charge in [0.25, 0.3) is 0 Å². The number of Topliss-reactive ketones (excluding diaryl/α,β-unsaturated/α-hetero) is 1. The molecule has 3 atom stereocenters. The molecule has 166 valence electrons. The first kappa shape index (κ1) is 19.6. The molecule has 3 unspecified atom stereocenters. The number of rotatable bonds is 5. The highest BCUT2D eigenvalue weighted by Crippen LogP contribution is 2.60. The number of nitrogens with one attached hydrogen (secondary N) is 1. The smallest absolute Gasteiger partial charge is 0.243 e. The van der Waals surface area contributed by atoms with Gasteiger partial charge in [-0.15, -0.1) is 10.2 Å². The number of tetrazole rings is 1. The van der Waals surface area contributed by atoms with Gasteiger partial charge in [-0.2, -0.15) is 4.80 Å². The Labute approximate surface area is 186 Å². The maximum absolute atomic E-state index is 13.6. The predicted molar refractivity (Wildman–Crippen MR) is 118 cm³/mol. The number of carbonyl (C=O) groups is 2. The van der Waals surface area contributed by atoms with Crippen LogP contribution in [0.2, 0.25) is 0 Å². The lowest BCUT2D eigenvalue weighted by atomic mass is 9.50. The van der Waals surface area contributed by atoms with Crippen LogP contribution in [-0.4, -0.2) is 42.0 Å². The Morgan fingerprint density at radius 2 is 1.91 bits per heavy atom. The molecule has 0 saturated heterocycles. The van der Waals surface area contributed by atoms with E-state index in [0.29, 0.717) is 17.4 Å². The van der Waals surface area contributed by atoms with Crippen molar-refractivity contribution in [3.05, 3.63) is 42.4 Å². The quantitative estimate of drug-likeness (QED) is 0.625. The molecule has 1 amide bonds. The fourth-order valence-electron chi connectivity index (χ4n) is 7.28. The first-order valence-electron chi connectivity index (χ1n) is 11.5. The molecule has 8 nitrogen and oxygen atoms in total. The number of benzene rings is 1. The number of ketones is 1. The number of aromatic nitrogens is 5. The number of hydrogen-bond acceptors (Lipinski definition) is 5. The summed E-state index contributed by atoms with van der Waals surface area (Å²) in [7, 11) is 0. The maximum Gasteiger partial charge on any atom is 0.243 e. The number of hydrogen-bond donors (Lipinski definition) is 1. The molecule has 3 aromatic rings. The largest absolute Gasteiger partial charge is 0.349 e. The van der Waals surface area contributed by atoms with Crippen LogP contribution in [0.1, 0.15) is 68.8 Å². The van der Waals surface area contributed by atoms with Gasteiger partial charge in [-0.1, -0.05) is 18.2 Å². The average Bonchev–Trinajstić information content (AvgIpc) is 3.41. The molecule has 2 aromatic heterocycles. The van der Waals surface area contributed by atoms with Crippen molar-refractivity contribution in [2.24, 2.45) is 11.8 Å². The zero-order valence-corrected chi connectivity index (χ0v) is 18.5. The molecule has 4 aliphatic rings. The summed E-state index contributed by atoms with van der Waals surface area (Å²) in [5.41, 5.74) is 1.20. The van der Waals surface area contributed by atoms with Gasteiger partial charge >= 0.3 is 0 Å². The lowest BCUT2D eigenvalue weighted by Crippen LogP contribution is -2.66. The van der Waals surface area contributed by atoms with E-state index in [-0.39, 0.29) is 22.8 Å². The third kappa shape index (κ3) is 2.84. The summed E-state index contributed by atoms with van der Waals surface area (Å²) >= 11 is 0. The van der Waals surface area contributed by atoms with Crippen molar-refractivity contribution >= 4 is 22.6 Å². The van der Waals surface area contributed by atoms with Gasteiger partial charge < -0.3 is 9.88 Å². The second-order valence-corrected chi connectivity index (χ2v) is 10.4. The molecule has 0 radical (unpaired) electrons. The first-order chi connectivity index (χ1) is 15.4. The normalized spacial score (nSPS) is 31.7. The number of fused-ring (bicyclic) bond motifs is 1. The van der Waals surface area contributed by atoms with Crippen molar-refractivity contribution in [3.8, 4) is 0 Å². The Morgan fingerprint density at radius 3 is 2.59 bits per heavy atom. The number of nitrogens with zero attached hydrogens (tertiary/aromatic N) is 5. The fourth-order valence-corrected chi connectivity index (χ4v) is 7.28. The molecule has 2 heterocycles. The molecule has 32 heavy (non-hydrogen) atoms. The van der Waals surface area contributed by atoms with Crippen molar-refractivity contribution in [1.82, 2.24) is 30.1 Å². The van der Waals surface area contributed by atoms with E-state index in [1.165, 1.54) is 12.7 Å². The van der Waals surface area contributed by atoms with E-state index < -0.39 is 6.04 Å². The predicted octanol–water partition coefficient (Wildman–Crippen LogP) is 3.26. The van der Waals surface area contributed by atoms with Crippen LogP contribution in [-0.2, 0) is 10.3 Å². The standard InChI is InChI=1S/C24H28N6O2/c1-15(29-12-20(16(2)31)19-5-3-4-6-21(19)29)22(32)27-23-8-17-7-18(9-23)11-24(10-17,13-23)30-26-14-25-28-30/h3-6,12,14-15,17-18H,7-11,13H2,1-2H3,(H,27,32). The van der Waals surface area contributed by atoms with E-state index in [1.54, 1.807) is 6.92 Å². The molecule has 0 spiro atoms. The van der Waals surface area contributed by atoms with E-state index in [2.05, 4.69) is 20.7 Å². The molecule has 4 aliphatic carbocycles. The summed E-state index contributed by atoms with van der Waals surface area (Å²) in [5, 5.41) is 17.0. The zero-order chi connectivity index (χ0) is 22.1. The van der Waals surface area contributed by atoms with Gasteiger partial charge in [0.2, 0.25) is 5.91 Å². The third-order valence-electron chi connectivity index (χ3n) is 8.11. The first-order valence-corrected chi connectivity index (χ1v) is 11.5. The van der Waals surface area contributed by atoms with Crippen molar-refractivity contribution in [3.63, 3.8) is 0 Å². The van der Waals surface area contributed by atoms with E-state index in [1.807, 2.05) is 46.7 Å². The van der Waals surface area contributed by atoms with Gasteiger partial charge in [-0.25, -0.2) is 0 Å². The molecule has 4 saturated carbocycles. The van der Waals surface area contributed by atoms with E-state index in [4.69, 9.17) is 0 Å². The fraction of sp³-hybridized carbons (Fsp3) is 0.542. The summed E-state index contributed by atoms with van der Waals surface area (Å²) in [4.78, 5) is 27.6. The highest BCUT2D eigenvalue weighted by molar-refractivity contribution is 6.07. The van der Waals surface area contributed by atoms with Crippen LogP contribution in [0.3, 0.4) is 0 Å². The average molecular weight is 433 g/mol. The summed E-state index contributed by atoms with van der Waals surface area (Å²) in [5.74, 6) is 1.17. The van der Waals surface area contributed by atoms with E-state index in [9.17, 15) is 9.59 Å². The Bertz CT molecular complexity index is 1200. The molecule has 4 fully saturated rings. The van der Waals surface area contributed by atoms with Gasteiger partial charge in [0.05, 0.1) is 5.54 Å². The number of para-hydroxylation sites is 1. The lowest BCUT2D eigenvalue weighted by molar-refractivity contribution is -0.134. The molecule has 8 heteroatoms. The lowest BCUT2D eigenvalue weighted by Gasteiger charge is -2.61. The molecular weight excluding hydrogens is 404 g/mol. The topological polar surface area (TPSA) is 94.7 Å². The molecule has 7 rings (SSSR count). The van der Waals surface area contributed by atoms with Crippen LogP contribution < -0.4 is 5.32 Å². The zero-order valence-electron chi connectivity index (χ0n) is 18.5. The van der Waals surface area contributed by atoms with Crippen LogP contribution in [0.5, 0.6) is 0 Å². The summed E-state index contributed by atoms with van der Waals surface area (Å²) in [6.07, 6.45) is 9.59. The van der Waals surface area contributed by atoms with Crippen molar-refractivity contribution in [2.45, 2.75) is 69.5 Å². The van der Waals surface area contributed by atoms with Crippen LogP contribution in [0.15, 0.2) is 36.8 Å². The molecule has 1 aromatic carbocycles. The maximum atomic E-state index is 13.6. The highest BCUT2D eigenvalue weighted by Gasteiger charge is 2.60. The Kier molecular flexibility index (Phi) is 4.13. The van der Waals surface area contributed by atoms with Crippen molar-refractivity contribution < 1.29 is 9.59 Å². The minimum absolute atomic E-state index is 0.00417. The summed E-state index contributed by atoms with van der Waals surface area (Å²) in [6.45, 7) is 3.49. The van der Waals surface area contributed by atoms with Gasteiger partial charge in [-0.3, -0.25) is 9.59 Å². The SMILES string of the molecule is CC(=O)c1cn(C(C)C(=O)NC23CC4CC(C2)CC(n2ncnn2)(C4)C3)c2ccccc12. The molecule has 4 bridgehead atoms. The van der Waals surface area contributed by atoms with Gasteiger partial charge in [0.15, 0.2) is 12.1 Å². The number of carbonyl (C=O) groups excluding carboxylic acids is 2. The second kappa shape index (κ2) is 6.73. The third-order valence-corrected chi connectivity index (χ3v) is 8.11. The van der Waals surface area contributed by atoms with Crippen LogP contribution in [0.25, 0.3) is 10.9 Å². The minimum atomic E-state index is -0.415. The van der Waals surface area contributed by atoms with Gasteiger partial charge in [-0.05, 0) is 75.5 Å². The van der Waals surface area contributed by atoms with Crippen LogP contribution in [0, 0.1) is 11.8 Å². The Balaban J connectivity index is 1.31. The van der Waals surface area contributed by atoms with E-state index in [0.717, 1.165) is 43.0 Å². The van der Waals surface area contributed by atoms with Crippen LogP contribution in [0.4, 0.5) is 0 Å². The second-order valence-electron chi connectivity index (χ2n) is 10.4.